The molecule has 0 radical (unpaired) electrons. The average Bonchev–Trinajstić information content (AvgIpc) is 2.77. The number of nitrogens with zero attached hydrogens (tertiary/aromatic N) is 2. The molecular weight excluding hydrogens is 260 g/mol. The molecule has 0 bridgehead atoms. The molecule has 17 heavy (non-hydrogen) atoms. The summed E-state index contributed by atoms with van der Waals surface area (Å²) in [5.41, 5.74) is 0. The Hall–Kier alpha value is -1.20. The maximum absolute atomic E-state index is 5.77. The van der Waals surface area contributed by atoms with Crippen LogP contribution in [0.1, 0.15) is 12.8 Å². The number of hydrogen-bond donors (Lipinski definition) is 0. The Morgan fingerprint density at radius 1 is 1.29 bits per heavy atom. The topological polar surface area (TPSA) is 48.2 Å². The van der Waals surface area contributed by atoms with Gasteiger partial charge in [0, 0.05) is 5.02 Å². The van der Waals surface area contributed by atoms with Crippen molar-refractivity contribution in [1.82, 2.24) is 10.2 Å². The molecule has 4 nitrogen and oxygen atoms in total. The number of thioether (sulfide) groups is 1. The number of halogens is 1. The second-order valence-electron chi connectivity index (χ2n) is 3.14. The lowest BCUT2D eigenvalue weighted by molar-refractivity contribution is 0.252. The molecular formula is C11H11ClN2O2S. The fourth-order valence-corrected chi connectivity index (χ4v) is 1.78. The summed E-state index contributed by atoms with van der Waals surface area (Å²) in [6.07, 6.45) is 0. The minimum absolute atomic E-state index is 0.263. The molecule has 0 atom stereocenters. The van der Waals surface area contributed by atoms with E-state index in [-0.39, 0.29) is 6.61 Å². The molecule has 0 N–H and O–H groups in total. The Morgan fingerprint density at radius 3 is 2.76 bits per heavy atom. The molecule has 0 aliphatic heterocycles. The minimum Gasteiger partial charge on any atom is -0.484 e. The summed E-state index contributed by atoms with van der Waals surface area (Å²) in [6, 6.07) is 7.12. The van der Waals surface area contributed by atoms with Gasteiger partial charge in [-0.25, -0.2) is 0 Å². The first-order valence-corrected chi connectivity index (χ1v) is 6.48. The number of ether oxygens (including phenoxy) is 1. The first-order valence-electron chi connectivity index (χ1n) is 5.11. The molecule has 0 fully saturated rings. The average molecular weight is 271 g/mol. The van der Waals surface area contributed by atoms with E-state index in [1.807, 2.05) is 6.92 Å². The van der Waals surface area contributed by atoms with Gasteiger partial charge in [-0.05, 0) is 30.0 Å². The maximum atomic E-state index is 5.77. The van der Waals surface area contributed by atoms with E-state index in [1.165, 1.54) is 11.8 Å². The quantitative estimate of drug-likeness (QED) is 0.779. The second-order valence-corrected chi connectivity index (χ2v) is 4.79. The molecule has 1 aromatic heterocycles. The fraction of sp³-hybridized carbons (Fsp3) is 0.273. The highest BCUT2D eigenvalue weighted by Crippen LogP contribution is 2.18. The van der Waals surface area contributed by atoms with E-state index in [0.717, 1.165) is 11.5 Å². The molecule has 0 saturated heterocycles. The summed E-state index contributed by atoms with van der Waals surface area (Å²) < 4.78 is 10.8. The van der Waals surface area contributed by atoms with Gasteiger partial charge in [-0.1, -0.05) is 30.3 Å². The van der Waals surface area contributed by atoms with Crippen LogP contribution in [0.2, 0.25) is 5.02 Å². The van der Waals surface area contributed by atoms with Crippen LogP contribution in [0.4, 0.5) is 0 Å². The van der Waals surface area contributed by atoms with Crippen LogP contribution in [-0.2, 0) is 6.61 Å². The molecule has 0 unspecified atom stereocenters. The Morgan fingerprint density at radius 2 is 2.06 bits per heavy atom. The highest BCUT2D eigenvalue weighted by molar-refractivity contribution is 7.99. The SMILES string of the molecule is CCSc1nnc(COc2ccc(Cl)cc2)o1. The molecule has 1 heterocycles. The van der Waals surface area contributed by atoms with Crippen molar-refractivity contribution in [3.63, 3.8) is 0 Å². The number of hydrogen-bond acceptors (Lipinski definition) is 5. The largest absolute Gasteiger partial charge is 0.484 e. The molecule has 90 valence electrons. The minimum atomic E-state index is 0.263. The van der Waals surface area contributed by atoms with Crippen molar-refractivity contribution in [2.24, 2.45) is 0 Å². The third-order valence-corrected chi connectivity index (χ3v) is 2.84. The van der Waals surface area contributed by atoms with Gasteiger partial charge in [-0.2, -0.15) is 0 Å². The van der Waals surface area contributed by atoms with Gasteiger partial charge in [0.15, 0.2) is 6.61 Å². The van der Waals surface area contributed by atoms with Crippen molar-refractivity contribution < 1.29 is 9.15 Å². The predicted octanol–water partition coefficient (Wildman–Crippen LogP) is 3.41. The van der Waals surface area contributed by atoms with Crippen LogP contribution >= 0.6 is 23.4 Å². The first-order chi connectivity index (χ1) is 8.28. The summed E-state index contributed by atoms with van der Waals surface area (Å²) in [5, 5.41) is 9.01. The van der Waals surface area contributed by atoms with Crippen molar-refractivity contribution in [2.75, 3.05) is 5.75 Å². The van der Waals surface area contributed by atoms with E-state index in [0.29, 0.717) is 16.1 Å². The summed E-state index contributed by atoms with van der Waals surface area (Å²) in [4.78, 5) is 0. The van der Waals surface area contributed by atoms with Crippen LogP contribution in [0, 0.1) is 0 Å². The monoisotopic (exact) mass is 270 g/mol. The van der Waals surface area contributed by atoms with Crippen molar-refractivity contribution in [2.45, 2.75) is 18.8 Å². The number of benzene rings is 1. The third-order valence-electron chi connectivity index (χ3n) is 1.89. The van der Waals surface area contributed by atoms with Crippen LogP contribution < -0.4 is 4.74 Å². The molecule has 2 rings (SSSR count). The Labute approximate surface area is 108 Å². The second kappa shape index (κ2) is 5.93. The van der Waals surface area contributed by atoms with Gasteiger partial charge >= 0.3 is 0 Å². The van der Waals surface area contributed by atoms with Gasteiger partial charge < -0.3 is 9.15 Å². The Balaban J connectivity index is 1.90. The lowest BCUT2D eigenvalue weighted by Crippen LogP contribution is -1.95. The maximum Gasteiger partial charge on any atom is 0.276 e. The third kappa shape index (κ3) is 3.64. The van der Waals surface area contributed by atoms with Gasteiger partial charge in [0.05, 0.1) is 0 Å². The summed E-state index contributed by atoms with van der Waals surface area (Å²) in [7, 11) is 0. The number of rotatable bonds is 5. The van der Waals surface area contributed by atoms with E-state index >= 15 is 0 Å². The van der Waals surface area contributed by atoms with Crippen molar-refractivity contribution >= 4 is 23.4 Å². The van der Waals surface area contributed by atoms with Crippen molar-refractivity contribution in [3.8, 4) is 5.75 Å². The molecule has 0 saturated carbocycles. The highest BCUT2D eigenvalue weighted by atomic mass is 35.5. The summed E-state index contributed by atoms with van der Waals surface area (Å²) in [6.45, 7) is 2.29. The van der Waals surface area contributed by atoms with Crippen LogP contribution in [-0.4, -0.2) is 16.0 Å². The first kappa shape index (κ1) is 12.3. The summed E-state index contributed by atoms with van der Waals surface area (Å²) >= 11 is 7.27. The van der Waals surface area contributed by atoms with Crippen molar-refractivity contribution in [1.29, 1.82) is 0 Å². The van der Waals surface area contributed by atoms with Crippen LogP contribution in [0.5, 0.6) is 5.75 Å². The Kier molecular flexibility index (Phi) is 4.28. The normalized spacial score (nSPS) is 10.5. The van der Waals surface area contributed by atoms with Gasteiger partial charge in [-0.15, -0.1) is 10.2 Å². The fourth-order valence-electron chi connectivity index (χ4n) is 1.15. The van der Waals surface area contributed by atoms with Crippen LogP contribution in [0.3, 0.4) is 0 Å². The highest BCUT2D eigenvalue weighted by Gasteiger charge is 2.06. The van der Waals surface area contributed by atoms with E-state index < -0.39 is 0 Å². The molecule has 0 aliphatic rings. The van der Waals surface area contributed by atoms with Gasteiger partial charge in [0.1, 0.15) is 5.75 Å². The molecule has 1 aromatic carbocycles. The zero-order valence-corrected chi connectivity index (χ0v) is 10.8. The zero-order valence-electron chi connectivity index (χ0n) is 9.22. The van der Waals surface area contributed by atoms with E-state index in [9.17, 15) is 0 Å². The van der Waals surface area contributed by atoms with E-state index in [2.05, 4.69) is 10.2 Å². The zero-order chi connectivity index (χ0) is 12.1. The van der Waals surface area contributed by atoms with Crippen LogP contribution in [0.25, 0.3) is 0 Å². The molecule has 0 spiro atoms. The molecule has 2 aromatic rings. The molecule has 0 aliphatic carbocycles. The van der Waals surface area contributed by atoms with Crippen molar-refractivity contribution in [3.05, 3.63) is 35.2 Å². The van der Waals surface area contributed by atoms with Crippen LogP contribution in [0.15, 0.2) is 33.9 Å². The molecule has 0 amide bonds. The number of aromatic nitrogens is 2. The van der Waals surface area contributed by atoms with Gasteiger partial charge in [-0.3, -0.25) is 0 Å². The van der Waals surface area contributed by atoms with Gasteiger partial charge in [0.2, 0.25) is 0 Å². The van der Waals surface area contributed by atoms with Gasteiger partial charge in [0.25, 0.3) is 11.1 Å². The lowest BCUT2D eigenvalue weighted by Gasteiger charge is -2.02. The standard InChI is InChI=1S/C11H11ClN2O2S/c1-2-17-11-14-13-10(16-11)7-15-9-5-3-8(12)4-6-9/h3-6H,2,7H2,1H3. The summed E-state index contributed by atoms with van der Waals surface area (Å²) in [5.74, 6) is 2.09. The smallest absolute Gasteiger partial charge is 0.276 e. The van der Waals surface area contributed by atoms with E-state index in [4.69, 9.17) is 20.8 Å². The predicted molar refractivity (Wildman–Crippen MR) is 66.5 cm³/mol. The molecule has 6 heteroatoms. The van der Waals surface area contributed by atoms with E-state index in [1.54, 1.807) is 24.3 Å². The lowest BCUT2D eigenvalue weighted by atomic mass is 10.3. The Bertz CT molecular complexity index is 473.